The number of hydrogen-bond donors (Lipinski definition) is 1. The Kier molecular flexibility index (Phi) is 11.7. The largest absolute Gasteiger partial charge is 0.573 e. The molecule has 0 aromatic heterocycles. The van der Waals surface area contributed by atoms with Gasteiger partial charge in [-0.1, -0.05) is 18.2 Å². The van der Waals surface area contributed by atoms with Gasteiger partial charge >= 0.3 is 6.36 Å². The Morgan fingerprint density at radius 1 is 1.28 bits per heavy atom. The first kappa shape index (κ1) is 25.8. The molecule has 10 heteroatoms. The van der Waals surface area contributed by atoms with Crippen LogP contribution >= 0.6 is 24.0 Å². The topological polar surface area (TPSA) is 55.3 Å². The molecule has 0 bridgehead atoms. The van der Waals surface area contributed by atoms with Crippen molar-refractivity contribution in [1.82, 2.24) is 10.2 Å². The average molecular weight is 531 g/mol. The molecule has 1 aromatic carbocycles. The molecule has 0 aliphatic carbocycles. The van der Waals surface area contributed by atoms with Crippen molar-refractivity contribution in [3.63, 3.8) is 0 Å². The zero-order chi connectivity index (χ0) is 20.4. The van der Waals surface area contributed by atoms with E-state index in [9.17, 15) is 13.2 Å². The summed E-state index contributed by atoms with van der Waals surface area (Å²) in [6.45, 7) is 6.13. The number of halogens is 4. The molecule has 1 aliphatic rings. The minimum atomic E-state index is -4.73. The number of aliphatic imine (C=N–C) groups is 1. The quantitative estimate of drug-likeness (QED) is 0.228. The summed E-state index contributed by atoms with van der Waals surface area (Å²) in [6, 6.07) is 6.07. The molecule has 1 aromatic rings. The summed E-state index contributed by atoms with van der Waals surface area (Å²) < 4.78 is 52.4. The van der Waals surface area contributed by atoms with Gasteiger partial charge in [-0.25, -0.2) is 4.99 Å². The Labute approximate surface area is 186 Å². The van der Waals surface area contributed by atoms with Crippen LogP contribution in [0.4, 0.5) is 13.2 Å². The first-order valence-electron chi connectivity index (χ1n) is 9.36. The number of alkyl halides is 3. The third kappa shape index (κ3) is 9.39. The van der Waals surface area contributed by atoms with E-state index in [4.69, 9.17) is 9.47 Å². The number of methoxy groups -OCH3 is 1. The third-order valence-corrected chi connectivity index (χ3v) is 4.30. The van der Waals surface area contributed by atoms with E-state index in [0.29, 0.717) is 43.8 Å². The zero-order valence-corrected chi connectivity index (χ0v) is 19.0. The molecule has 166 valence electrons. The van der Waals surface area contributed by atoms with E-state index in [1.54, 1.807) is 19.2 Å². The van der Waals surface area contributed by atoms with E-state index in [1.807, 2.05) is 6.92 Å². The van der Waals surface area contributed by atoms with Crippen LogP contribution < -0.4 is 10.1 Å². The molecule has 29 heavy (non-hydrogen) atoms. The van der Waals surface area contributed by atoms with Crippen LogP contribution in [0.2, 0.25) is 0 Å². The van der Waals surface area contributed by atoms with Crippen LogP contribution in [0.1, 0.15) is 18.9 Å². The van der Waals surface area contributed by atoms with Crippen molar-refractivity contribution in [1.29, 1.82) is 0 Å². The molecule has 1 fully saturated rings. The number of para-hydroxylation sites is 1. The highest BCUT2D eigenvalue weighted by Gasteiger charge is 2.32. The number of nitrogens with one attached hydrogen (secondary N) is 1. The van der Waals surface area contributed by atoms with Gasteiger partial charge in [0.1, 0.15) is 5.75 Å². The van der Waals surface area contributed by atoms with Crippen molar-refractivity contribution in [2.24, 2.45) is 10.9 Å². The molecule has 0 amide bonds. The summed E-state index contributed by atoms with van der Waals surface area (Å²) in [4.78, 5) is 6.64. The van der Waals surface area contributed by atoms with Crippen LogP contribution in [0, 0.1) is 5.92 Å². The van der Waals surface area contributed by atoms with Crippen LogP contribution in [-0.2, 0) is 16.0 Å². The van der Waals surface area contributed by atoms with Crippen molar-refractivity contribution < 1.29 is 27.4 Å². The Balaban J connectivity index is 0.00000420. The predicted octanol–water partition coefficient (Wildman–Crippen LogP) is 3.65. The van der Waals surface area contributed by atoms with Gasteiger partial charge in [0.25, 0.3) is 0 Å². The second-order valence-corrected chi connectivity index (χ2v) is 6.49. The summed E-state index contributed by atoms with van der Waals surface area (Å²) >= 11 is 0. The van der Waals surface area contributed by atoms with Gasteiger partial charge in [-0.15, -0.1) is 37.1 Å². The van der Waals surface area contributed by atoms with Crippen molar-refractivity contribution in [2.75, 3.05) is 46.6 Å². The van der Waals surface area contributed by atoms with Gasteiger partial charge in [-0.3, -0.25) is 0 Å². The summed E-state index contributed by atoms with van der Waals surface area (Å²) in [6.07, 6.45) is -3.75. The molecule has 1 saturated heterocycles. The van der Waals surface area contributed by atoms with Gasteiger partial charge in [0.05, 0.1) is 26.4 Å². The van der Waals surface area contributed by atoms with Crippen molar-refractivity contribution in [2.45, 2.75) is 26.3 Å². The lowest BCUT2D eigenvalue weighted by molar-refractivity contribution is -0.274. The molecule has 1 atom stereocenters. The lowest BCUT2D eigenvalue weighted by Gasteiger charge is -2.22. The molecular weight excluding hydrogens is 502 g/mol. The Morgan fingerprint density at radius 3 is 2.72 bits per heavy atom. The smallest absolute Gasteiger partial charge is 0.405 e. The number of likely N-dealkylation sites (tertiary alicyclic amines) is 1. The van der Waals surface area contributed by atoms with E-state index in [1.165, 1.54) is 12.1 Å². The van der Waals surface area contributed by atoms with Crippen LogP contribution in [-0.4, -0.2) is 63.8 Å². The normalized spacial score (nSPS) is 17.2. The maximum atomic E-state index is 12.6. The number of ether oxygens (including phenoxy) is 3. The highest BCUT2D eigenvalue weighted by molar-refractivity contribution is 14.0. The van der Waals surface area contributed by atoms with Crippen LogP contribution in [0.5, 0.6) is 5.75 Å². The third-order valence-electron chi connectivity index (χ3n) is 4.30. The number of guanidine groups is 1. The van der Waals surface area contributed by atoms with Gasteiger partial charge in [0.2, 0.25) is 0 Å². The van der Waals surface area contributed by atoms with Crippen LogP contribution in [0.25, 0.3) is 0 Å². The van der Waals surface area contributed by atoms with E-state index < -0.39 is 6.36 Å². The molecule has 0 saturated carbocycles. The lowest BCUT2D eigenvalue weighted by atomic mass is 10.1. The van der Waals surface area contributed by atoms with Gasteiger partial charge in [-0.2, -0.15) is 0 Å². The summed E-state index contributed by atoms with van der Waals surface area (Å²) in [5, 5.41) is 3.21. The van der Waals surface area contributed by atoms with Crippen molar-refractivity contribution in [3.8, 4) is 5.75 Å². The molecule has 0 spiro atoms. The summed E-state index contributed by atoms with van der Waals surface area (Å²) in [7, 11) is 1.64. The second kappa shape index (κ2) is 13.1. The Bertz CT molecular complexity index is 632. The highest BCUT2D eigenvalue weighted by atomic mass is 127. The average Bonchev–Trinajstić information content (AvgIpc) is 3.11. The molecule has 1 unspecified atom stereocenters. The van der Waals surface area contributed by atoms with E-state index >= 15 is 0 Å². The molecule has 1 N–H and O–H groups in total. The SMILES string of the molecule is CCNC(=NCc1ccccc1OC(F)(F)F)N1CCC(COCCOC)C1.I. The van der Waals surface area contributed by atoms with Gasteiger partial charge in [0, 0.05) is 38.2 Å². The lowest BCUT2D eigenvalue weighted by Crippen LogP contribution is -2.40. The van der Waals surface area contributed by atoms with Gasteiger partial charge < -0.3 is 24.4 Å². The fourth-order valence-electron chi connectivity index (χ4n) is 3.00. The molecule has 6 nitrogen and oxygen atoms in total. The van der Waals surface area contributed by atoms with Crippen molar-refractivity contribution >= 4 is 29.9 Å². The fourth-order valence-corrected chi connectivity index (χ4v) is 3.00. The minimum absolute atomic E-state index is 0. The molecule has 2 rings (SSSR count). The van der Waals surface area contributed by atoms with Crippen LogP contribution in [0.15, 0.2) is 29.3 Å². The van der Waals surface area contributed by atoms with E-state index in [-0.39, 0.29) is 36.3 Å². The second-order valence-electron chi connectivity index (χ2n) is 6.49. The Hall–Kier alpha value is -1.27. The number of rotatable bonds is 9. The maximum absolute atomic E-state index is 12.6. The number of benzene rings is 1. The number of hydrogen-bond acceptors (Lipinski definition) is 4. The summed E-state index contributed by atoms with van der Waals surface area (Å²) in [5.41, 5.74) is 0.383. The highest BCUT2D eigenvalue weighted by Crippen LogP contribution is 2.27. The molecule has 1 aliphatic heterocycles. The van der Waals surface area contributed by atoms with Gasteiger partial charge in [-0.05, 0) is 19.4 Å². The Morgan fingerprint density at radius 2 is 2.03 bits per heavy atom. The first-order valence-corrected chi connectivity index (χ1v) is 9.36. The number of nitrogens with zero attached hydrogens (tertiary/aromatic N) is 2. The first-order chi connectivity index (χ1) is 13.4. The molecular formula is C19H29F3IN3O3. The van der Waals surface area contributed by atoms with E-state index in [2.05, 4.69) is 19.9 Å². The predicted molar refractivity (Wildman–Crippen MR) is 116 cm³/mol. The van der Waals surface area contributed by atoms with Crippen LogP contribution in [0.3, 0.4) is 0 Å². The van der Waals surface area contributed by atoms with E-state index in [0.717, 1.165) is 19.5 Å². The zero-order valence-electron chi connectivity index (χ0n) is 16.7. The molecule has 0 radical (unpaired) electrons. The minimum Gasteiger partial charge on any atom is -0.405 e. The maximum Gasteiger partial charge on any atom is 0.573 e. The molecule has 1 heterocycles. The standard InChI is InChI=1S/C19H28F3N3O3.HI/c1-3-23-18(25-9-8-15(13-25)14-27-11-10-26-2)24-12-16-6-4-5-7-17(16)28-19(20,21)22;/h4-7,15H,3,8-14H2,1-2H3,(H,23,24);1H. The monoisotopic (exact) mass is 531 g/mol. The van der Waals surface area contributed by atoms with Crippen molar-refractivity contribution in [3.05, 3.63) is 29.8 Å². The van der Waals surface area contributed by atoms with Gasteiger partial charge in [0.15, 0.2) is 5.96 Å². The summed E-state index contributed by atoms with van der Waals surface area (Å²) in [5.74, 6) is 0.853. The fraction of sp³-hybridized carbons (Fsp3) is 0.632.